The van der Waals surface area contributed by atoms with E-state index in [0.717, 1.165) is 11.4 Å². The molecule has 0 aliphatic heterocycles. The predicted molar refractivity (Wildman–Crippen MR) is 77.8 cm³/mol. The first-order chi connectivity index (χ1) is 9.64. The highest BCUT2D eigenvalue weighted by Crippen LogP contribution is 2.19. The summed E-state index contributed by atoms with van der Waals surface area (Å²) in [4.78, 5) is 24.1. The molecule has 0 spiro atoms. The van der Waals surface area contributed by atoms with Crippen LogP contribution < -0.4 is 0 Å². The summed E-state index contributed by atoms with van der Waals surface area (Å²) in [6.45, 7) is 11.0. The van der Waals surface area contributed by atoms with Crippen molar-refractivity contribution in [3.05, 3.63) is 17.5 Å². The first kappa shape index (κ1) is 17.2. The fourth-order valence-corrected chi connectivity index (χ4v) is 2.01. The van der Waals surface area contributed by atoms with Crippen molar-refractivity contribution in [3.63, 3.8) is 0 Å². The number of carbonyl (C=O) groups is 2. The van der Waals surface area contributed by atoms with Gasteiger partial charge in [-0.25, -0.2) is 4.79 Å². The van der Waals surface area contributed by atoms with Gasteiger partial charge in [0.05, 0.1) is 18.7 Å². The summed E-state index contributed by atoms with van der Waals surface area (Å²) in [5.41, 5.74) is 0.992. The van der Waals surface area contributed by atoms with Crippen LogP contribution in [0.25, 0.3) is 0 Å². The van der Waals surface area contributed by atoms with Gasteiger partial charge in [-0.2, -0.15) is 5.10 Å². The van der Waals surface area contributed by atoms with Crippen LogP contribution in [-0.2, 0) is 19.1 Å². The molecule has 0 saturated carbocycles. The monoisotopic (exact) mass is 296 g/mol. The van der Waals surface area contributed by atoms with Crippen molar-refractivity contribution in [1.82, 2.24) is 9.78 Å². The van der Waals surface area contributed by atoms with E-state index in [2.05, 4.69) is 5.10 Å². The van der Waals surface area contributed by atoms with Gasteiger partial charge in [0.2, 0.25) is 0 Å². The minimum Gasteiger partial charge on any atom is -0.464 e. The first-order valence-corrected chi connectivity index (χ1v) is 7.05. The summed E-state index contributed by atoms with van der Waals surface area (Å²) < 4.78 is 11.8. The summed E-state index contributed by atoms with van der Waals surface area (Å²) in [5.74, 6) is -0.928. The molecule has 0 saturated heterocycles. The van der Waals surface area contributed by atoms with E-state index in [-0.39, 0.29) is 13.0 Å². The lowest BCUT2D eigenvalue weighted by molar-refractivity contribution is -0.161. The van der Waals surface area contributed by atoms with Crippen molar-refractivity contribution in [2.24, 2.45) is 0 Å². The zero-order valence-electron chi connectivity index (χ0n) is 13.6. The summed E-state index contributed by atoms with van der Waals surface area (Å²) in [6.07, 6.45) is -0.0991. The summed E-state index contributed by atoms with van der Waals surface area (Å²) in [6, 6.07) is 1.05. The zero-order valence-corrected chi connectivity index (χ0v) is 13.6. The second-order valence-corrected chi connectivity index (χ2v) is 5.93. The van der Waals surface area contributed by atoms with Gasteiger partial charge in [0.1, 0.15) is 5.60 Å². The molecule has 1 unspecified atom stereocenters. The molecule has 0 aliphatic carbocycles. The van der Waals surface area contributed by atoms with Gasteiger partial charge in [0.15, 0.2) is 6.04 Å². The zero-order chi connectivity index (χ0) is 16.2. The minimum atomic E-state index is -0.798. The molecule has 1 rings (SSSR count). The van der Waals surface area contributed by atoms with Crippen molar-refractivity contribution in [3.8, 4) is 0 Å². The van der Waals surface area contributed by atoms with Gasteiger partial charge in [-0.1, -0.05) is 0 Å². The highest BCUT2D eigenvalue weighted by molar-refractivity contribution is 5.81. The molecule has 0 aliphatic rings. The van der Waals surface area contributed by atoms with Crippen molar-refractivity contribution in [2.75, 3.05) is 6.61 Å². The molecular formula is C15H24N2O4. The number of carbonyl (C=O) groups excluding carboxylic acids is 2. The molecule has 0 bridgehead atoms. The van der Waals surface area contributed by atoms with Crippen LogP contribution in [0.15, 0.2) is 6.07 Å². The first-order valence-electron chi connectivity index (χ1n) is 7.05. The fourth-order valence-electron chi connectivity index (χ4n) is 2.01. The van der Waals surface area contributed by atoms with Gasteiger partial charge in [0.25, 0.3) is 0 Å². The van der Waals surface area contributed by atoms with Gasteiger partial charge in [0, 0.05) is 5.69 Å². The maximum atomic E-state index is 12.1. The molecule has 6 nitrogen and oxygen atoms in total. The highest BCUT2D eigenvalue weighted by atomic mass is 16.6. The summed E-state index contributed by atoms with van der Waals surface area (Å²) in [7, 11) is 0. The smallest absolute Gasteiger partial charge is 0.331 e. The van der Waals surface area contributed by atoms with E-state index >= 15 is 0 Å². The third-order valence-corrected chi connectivity index (χ3v) is 2.68. The Kier molecular flexibility index (Phi) is 5.52. The maximum Gasteiger partial charge on any atom is 0.331 e. The molecule has 1 atom stereocenters. The van der Waals surface area contributed by atoms with Crippen molar-refractivity contribution < 1.29 is 19.1 Å². The van der Waals surface area contributed by atoms with E-state index in [0.29, 0.717) is 0 Å². The predicted octanol–water partition coefficient (Wildman–Crippen LogP) is 2.34. The lowest BCUT2D eigenvalue weighted by Crippen LogP contribution is -2.30. The Hall–Kier alpha value is -1.85. The average Bonchev–Trinajstić information content (AvgIpc) is 2.63. The van der Waals surface area contributed by atoms with Gasteiger partial charge in [-0.3, -0.25) is 9.48 Å². The van der Waals surface area contributed by atoms with E-state index in [9.17, 15) is 9.59 Å². The quantitative estimate of drug-likeness (QED) is 0.780. The molecule has 0 N–H and O–H groups in total. The van der Waals surface area contributed by atoms with Crippen LogP contribution in [0.2, 0.25) is 0 Å². The molecule has 0 amide bonds. The van der Waals surface area contributed by atoms with Crippen LogP contribution >= 0.6 is 0 Å². The number of hydrogen-bond acceptors (Lipinski definition) is 5. The largest absolute Gasteiger partial charge is 0.464 e. The maximum absolute atomic E-state index is 12.1. The molecule has 1 aromatic rings. The SMILES string of the molecule is CCOC(=O)C(CC(=O)OC(C)(C)C)n1nc(C)cc1C. The van der Waals surface area contributed by atoms with Crippen LogP contribution in [0.3, 0.4) is 0 Å². The molecule has 21 heavy (non-hydrogen) atoms. The lowest BCUT2D eigenvalue weighted by atomic mass is 10.1. The second-order valence-electron chi connectivity index (χ2n) is 5.93. The van der Waals surface area contributed by atoms with E-state index in [1.54, 1.807) is 27.7 Å². The Balaban J connectivity index is 2.96. The van der Waals surface area contributed by atoms with Crippen molar-refractivity contribution in [1.29, 1.82) is 0 Å². The summed E-state index contributed by atoms with van der Waals surface area (Å²) >= 11 is 0. The summed E-state index contributed by atoms with van der Waals surface area (Å²) in [5, 5.41) is 4.27. The van der Waals surface area contributed by atoms with Crippen LogP contribution in [0, 0.1) is 13.8 Å². The van der Waals surface area contributed by atoms with Crippen molar-refractivity contribution in [2.45, 2.75) is 59.6 Å². The molecule has 0 aromatic carbocycles. The Bertz CT molecular complexity index is 514. The van der Waals surface area contributed by atoms with Gasteiger partial charge >= 0.3 is 11.9 Å². The van der Waals surface area contributed by atoms with Gasteiger partial charge in [-0.15, -0.1) is 0 Å². The third-order valence-electron chi connectivity index (χ3n) is 2.68. The number of esters is 2. The Morgan fingerprint density at radius 2 is 1.95 bits per heavy atom. The van der Waals surface area contributed by atoms with Crippen LogP contribution in [0.4, 0.5) is 0 Å². The highest BCUT2D eigenvalue weighted by Gasteiger charge is 2.29. The van der Waals surface area contributed by atoms with Crippen LogP contribution in [-0.4, -0.2) is 33.9 Å². The van der Waals surface area contributed by atoms with Crippen molar-refractivity contribution >= 4 is 11.9 Å². The number of aryl methyl sites for hydroxylation is 2. The fraction of sp³-hybridized carbons (Fsp3) is 0.667. The number of hydrogen-bond donors (Lipinski definition) is 0. The number of rotatable bonds is 5. The van der Waals surface area contributed by atoms with E-state index in [1.165, 1.54) is 4.68 Å². The second kappa shape index (κ2) is 6.74. The van der Waals surface area contributed by atoms with Gasteiger partial charge < -0.3 is 9.47 Å². The Labute approximate surface area is 125 Å². The minimum absolute atomic E-state index is 0.0991. The molecule has 118 valence electrons. The average molecular weight is 296 g/mol. The van der Waals surface area contributed by atoms with E-state index in [4.69, 9.17) is 9.47 Å². The van der Waals surface area contributed by atoms with Crippen LogP contribution in [0.5, 0.6) is 0 Å². The van der Waals surface area contributed by atoms with E-state index in [1.807, 2.05) is 19.9 Å². The van der Waals surface area contributed by atoms with E-state index < -0.39 is 23.6 Å². The molecule has 1 heterocycles. The third kappa shape index (κ3) is 5.21. The Morgan fingerprint density at radius 3 is 2.38 bits per heavy atom. The standard InChI is InChI=1S/C15H24N2O4/c1-7-20-14(19)12(9-13(18)21-15(4,5)6)17-11(3)8-10(2)16-17/h8,12H,7,9H2,1-6H3. The Morgan fingerprint density at radius 1 is 1.33 bits per heavy atom. The molecule has 1 aromatic heterocycles. The topological polar surface area (TPSA) is 70.4 Å². The number of aromatic nitrogens is 2. The number of ether oxygens (including phenoxy) is 2. The molecular weight excluding hydrogens is 272 g/mol. The van der Waals surface area contributed by atoms with Gasteiger partial charge in [-0.05, 0) is 47.6 Å². The lowest BCUT2D eigenvalue weighted by Gasteiger charge is -2.22. The molecule has 0 radical (unpaired) electrons. The van der Waals surface area contributed by atoms with Crippen LogP contribution in [0.1, 0.15) is 51.5 Å². The number of nitrogens with zero attached hydrogens (tertiary/aromatic N) is 2. The normalized spacial score (nSPS) is 12.9. The molecule has 0 fully saturated rings. The molecule has 6 heteroatoms.